The number of hydrogen-bond acceptors (Lipinski definition) is 6. The average molecular weight is 394 g/mol. The zero-order chi connectivity index (χ0) is 19.6. The van der Waals surface area contributed by atoms with Crippen LogP contribution < -0.4 is 4.90 Å². The van der Waals surface area contributed by atoms with E-state index >= 15 is 0 Å². The molecule has 1 saturated heterocycles. The first kappa shape index (κ1) is 19.2. The van der Waals surface area contributed by atoms with E-state index in [2.05, 4.69) is 9.97 Å². The van der Waals surface area contributed by atoms with Crippen molar-refractivity contribution >= 4 is 21.8 Å². The summed E-state index contributed by atoms with van der Waals surface area (Å²) in [5.74, 6) is -1.16. The Morgan fingerprint density at radius 1 is 1.26 bits per heavy atom. The summed E-state index contributed by atoms with van der Waals surface area (Å²) in [7, 11) is -2.49. The molecule has 2 aromatic rings. The molecule has 1 aliphatic rings. The number of benzene rings is 1. The molecular weight excluding hydrogens is 375 g/mol. The molecule has 1 aromatic heterocycles. The molecule has 0 radical (unpaired) electrons. The summed E-state index contributed by atoms with van der Waals surface area (Å²) in [6, 6.07) is 4.52. The molecule has 2 heterocycles. The highest BCUT2D eigenvalue weighted by Crippen LogP contribution is 2.23. The number of carboxylic acid groups (broad SMARTS) is 1. The van der Waals surface area contributed by atoms with Crippen molar-refractivity contribution in [3.63, 3.8) is 0 Å². The number of hydrogen-bond donors (Lipinski definition) is 1. The monoisotopic (exact) mass is 394 g/mol. The maximum atomic E-state index is 13.0. The summed E-state index contributed by atoms with van der Waals surface area (Å²) in [6.45, 7) is 1.25. The van der Waals surface area contributed by atoms with Gasteiger partial charge in [-0.05, 0) is 37.1 Å². The maximum absolute atomic E-state index is 13.0. The Morgan fingerprint density at radius 2 is 1.89 bits per heavy atom. The van der Waals surface area contributed by atoms with Gasteiger partial charge in [0.2, 0.25) is 10.0 Å². The van der Waals surface area contributed by atoms with E-state index in [1.54, 1.807) is 0 Å². The largest absolute Gasteiger partial charge is 0.477 e. The molecule has 8 nitrogen and oxygen atoms in total. The van der Waals surface area contributed by atoms with Crippen LogP contribution in [-0.2, 0) is 16.6 Å². The summed E-state index contributed by atoms with van der Waals surface area (Å²) in [5.41, 5.74) is -0.00954. The van der Waals surface area contributed by atoms with E-state index in [0.717, 1.165) is 29.3 Å². The van der Waals surface area contributed by atoms with Crippen LogP contribution in [-0.4, -0.2) is 53.9 Å². The second kappa shape index (κ2) is 7.57. The fraction of sp³-hybridized carbons (Fsp3) is 0.353. The summed E-state index contributed by atoms with van der Waals surface area (Å²) < 4.78 is 39.3. The molecule has 10 heteroatoms. The molecule has 0 spiro atoms. The van der Waals surface area contributed by atoms with Crippen molar-refractivity contribution in [3.05, 3.63) is 47.7 Å². The third-order valence-electron chi connectivity index (χ3n) is 4.34. The van der Waals surface area contributed by atoms with Gasteiger partial charge in [-0.3, -0.25) is 0 Å². The van der Waals surface area contributed by atoms with Gasteiger partial charge in [0.1, 0.15) is 23.0 Å². The molecule has 1 aliphatic heterocycles. The Labute approximate surface area is 156 Å². The zero-order valence-electron chi connectivity index (χ0n) is 14.7. The van der Waals surface area contributed by atoms with Crippen LogP contribution in [0.3, 0.4) is 0 Å². The number of carboxylic acids is 1. The van der Waals surface area contributed by atoms with Gasteiger partial charge in [0, 0.05) is 26.3 Å². The molecule has 0 atom stereocenters. The number of sulfonamides is 1. The van der Waals surface area contributed by atoms with Gasteiger partial charge in [-0.25, -0.2) is 27.6 Å². The van der Waals surface area contributed by atoms with E-state index in [0.29, 0.717) is 18.9 Å². The van der Waals surface area contributed by atoms with Gasteiger partial charge in [-0.1, -0.05) is 0 Å². The van der Waals surface area contributed by atoms with Crippen molar-refractivity contribution in [1.82, 2.24) is 14.3 Å². The van der Waals surface area contributed by atoms with Crippen LogP contribution in [0.1, 0.15) is 29.0 Å². The third kappa shape index (κ3) is 4.06. The topological polar surface area (TPSA) is 104 Å². The van der Waals surface area contributed by atoms with Crippen LogP contribution in [0.2, 0.25) is 0 Å². The predicted octanol–water partition coefficient (Wildman–Crippen LogP) is 1.73. The number of aromatic carboxylic acids is 1. The lowest BCUT2D eigenvalue weighted by atomic mass is 10.3. The Morgan fingerprint density at radius 3 is 2.48 bits per heavy atom. The fourth-order valence-corrected chi connectivity index (χ4v) is 4.00. The Balaban J connectivity index is 1.87. The van der Waals surface area contributed by atoms with Gasteiger partial charge >= 0.3 is 5.97 Å². The van der Waals surface area contributed by atoms with E-state index in [9.17, 15) is 22.7 Å². The van der Waals surface area contributed by atoms with Crippen molar-refractivity contribution in [1.29, 1.82) is 0 Å². The smallest absolute Gasteiger partial charge is 0.341 e. The molecule has 0 unspecified atom stereocenters. The first-order chi connectivity index (χ1) is 12.8. The van der Waals surface area contributed by atoms with Gasteiger partial charge in [-0.15, -0.1) is 0 Å². The van der Waals surface area contributed by atoms with Crippen LogP contribution in [0.4, 0.5) is 10.2 Å². The maximum Gasteiger partial charge on any atom is 0.341 e. The summed E-state index contributed by atoms with van der Waals surface area (Å²) in [4.78, 5) is 21.6. The Kier molecular flexibility index (Phi) is 5.38. The van der Waals surface area contributed by atoms with Gasteiger partial charge < -0.3 is 10.0 Å². The molecule has 1 N–H and O–H groups in total. The molecule has 27 heavy (non-hydrogen) atoms. The molecule has 144 valence electrons. The van der Waals surface area contributed by atoms with Gasteiger partial charge in [0.25, 0.3) is 0 Å². The van der Waals surface area contributed by atoms with Crippen molar-refractivity contribution in [2.75, 3.05) is 25.0 Å². The summed E-state index contributed by atoms with van der Waals surface area (Å²) >= 11 is 0. The van der Waals surface area contributed by atoms with Crippen molar-refractivity contribution < 1.29 is 22.7 Å². The molecule has 1 fully saturated rings. The number of carbonyl (C=O) groups is 1. The van der Waals surface area contributed by atoms with Crippen LogP contribution in [0.15, 0.2) is 35.4 Å². The average Bonchev–Trinajstić information content (AvgIpc) is 3.16. The number of rotatable bonds is 6. The Bertz CT molecular complexity index is 944. The summed E-state index contributed by atoms with van der Waals surface area (Å²) in [5, 5.41) is 9.36. The van der Waals surface area contributed by atoms with Crippen LogP contribution in [0, 0.1) is 5.82 Å². The summed E-state index contributed by atoms with van der Waals surface area (Å²) in [6.07, 6.45) is 3.09. The molecule has 0 bridgehead atoms. The lowest BCUT2D eigenvalue weighted by molar-refractivity contribution is 0.0696. The van der Waals surface area contributed by atoms with Gasteiger partial charge in [-0.2, -0.15) is 4.31 Å². The number of halogens is 1. The van der Waals surface area contributed by atoms with Crippen LogP contribution in [0.25, 0.3) is 0 Å². The van der Waals surface area contributed by atoms with Crippen molar-refractivity contribution in [2.45, 2.75) is 24.3 Å². The van der Waals surface area contributed by atoms with Crippen molar-refractivity contribution in [3.8, 4) is 0 Å². The molecule has 0 saturated carbocycles. The number of aromatic nitrogens is 2. The molecule has 0 aliphatic carbocycles. The molecule has 3 rings (SSSR count). The lowest BCUT2D eigenvalue weighted by Gasteiger charge is -2.20. The second-order valence-electron chi connectivity index (χ2n) is 6.24. The van der Waals surface area contributed by atoms with E-state index in [1.807, 2.05) is 4.90 Å². The quantitative estimate of drug-likeness (QED) is 0.796. The highest BCUT2D eigenvalue weighted by atomic mass is 32.2. The SMILES string of the molecule is CN(Cc1ncc(C(=O)O)c(N2CCCC2)n1)S(=O)(=O)c1ccc(F)cc1. The minimum atomic E-state index is -3.86. The van der Waals surface area contributed by atoms with E-state index in [1.165, 1.54) is 25.4 Å². The minimum Gasteiger partial charge on any atom is -0.477 e. The number of anilines is 1. The highest BCUT2D eigenvalue weighted by molar-refractivity contribution is 7.89. The molecule has 1 aromatic carbocycles. The lowest BCUT2D eigenvalue weighted by Crippen LogP contribution is -2.29. The third-order valence-corrected chi connectivity index (χ3v) is 6.16. The molecular formula is C17H19FN4O4S. The second-order valence-corrected chi connectivity index (χ2v) is 8.28. The van der Waals surface area contributed by atoms with Crippen LogP contribution in [0.5, 0.6) is 0 Å². The minimum absolute atomic E-state index is 0.00954. The first-order valence-corrected chi connectivity index (χ1v) is 9.79. The van der Waals surface area contributed by atoms with Gasteiger partial charge in [0.05, 0.1) is 11.4 Å². The highest BCUT2D eigenvalue weighted by Gasteiger charge is 2.25. The standard InChI is InChI=1S/C17H19FN4O4S/c1-21(27(25,26)13-6-4-12(18)5-7-13)11-15-19-10-14(17(23)24)16(20-15)22-8-2-3-9-22/h4-7,10H,2-3,8-9,11H2,1H3,(H,23,24). The normalized spacial score (nSPS) is 14.7. The zero-order valence-corrected chi connectivity index (χ0v) is 15.5. The van der Waals surface area contributed by atoms with Crippen molar-refractivity contribution in [2.24, 2.45) is 0 Å². The number of nitrogens with zero attached hydrogens (tertiary/aromatic N) is 4. The Hall–Kier alpha value is -2.59. The fourth-order valence-electron chi connectivity index (χ4n) is 2.88. The predicted molar refractivity (Wildman–Crippen MR) is 95.5 cm³/mol. The van der Waals surface area contributed by atoms with E-state index in [4.69, 9.17) is 0 Å². The van der Waals surface area contributed by atoms with Crippen LogP contribution >= 0.6 is 0 Å². The van der Waals surface area contributed by atoms with E-state index < -0.39 is 21.8 Å². The first-order valence-electron chi connectivity index (χ1n) is 8.35. The molecule has 0 amide bonds. The van der Waals surface area contributed by atoms with Gasteiger partial charge in [0.15, 0.2) is 0 Å². The van der Waals surface area contributed by atoms with E-state index in [-0.39, 0.29) is 22.8 Å².